The molecule has 0 aliphatic heterocycles. The van der Waals surface area contributed by atoms with Crippen molar-refractivity contribution >= 4 is 17.6 Å². The minimum absolute atomic E-state index is 0.0934. The van der Waals surface area contributed by atoms with Gasteiger partial charge in [0.15, 0.2) is 0 Å². The Bertz CT molecular complexity index is 424. The molecule has 17 heavy (non-hydrogen) atoms. The van der Waals surface area contributed by atoms with Crippen LogP contribution in [0.5, 0.6) is 5.75 Å². The minimum atomic E-state index is -3.16. The van der Waals surface area contributed by atoms with E-state index in [0.717, 1.165) is 12.1 Å². The van der Waals surface area contributed by atoms with E-state index in [9.17, 15) is 18.0 Å². The molecular weight excluding hydrogens is 261 g/mol. The van der Waals surface area contributed by atoms with Crippen LogP contribution in [0.25, 0.3) is 0 Å². The van der Waals surface area contributed by atoms with Crippen LogP contribution in [-0.4, -0.2) is 17.7 Å². The molecule has 0 amide bonds. The molecule has 7 heteroatoms. The Morgan fingerprint density at radius 2 is 2.12 bits per heavy atom. The third kappa shape index (κ3) is 3.81. The Morgan fingerprint density at radius 1 is 1.47 bits per heavy atom. The van der Waals surface area contributed by atoms with Gasteiger partial charge in [-0.2, -0.15) is 8.78 Å². The number of carboxylic acid groups (broad SMARTS) is 1. The SMILES string of the molecule is O=C(O)Cc1c(F)cc(CCl)cc1OC(F)F. The zero-order valence-electron chi connectivity index (χ0n) is 8.42. The molecule has 1 rings (SSSR count). The molecule has 0 atom stereocenters. The Labute approximate surface area is 99.8 Å². The molecule has 3 nitrogen and oxygen atoms in total. The number of ether oxygens (including phenoxy) is 1. The van der Waals surface area contributed by atoms with Gasteiger partial charge in [-0.05, 0) is 17.7 Å². The monoisotopic (exact) mass is 268 g/mol. The van der Waals surface area contributed by atoms with Crippen molar-refractivity contribution in [3.8, 4) is 5.75 Å². The van der Waals surface area contributed by atoms with E-state index in [-0.39, 0.29) is 11.4 Å². The number of hydrogen-bond acceptors (Lipinski definition) is 2. The van der Waals surface area contributed by atoms with Crippen LogP contribution in [0.15, 0.2) is 12.1 Å². The van der Waals surface area contributed by atoms with E-state index < -0.39 is 36.1 Å². The van der Waals surface area contributed by atoms with Gasteiger partial charge in [0.25, 0.3) is 0 Å². The lowest BCUT2D eigenvalue weighted by molar-refractivity contribution is -0.136. The van der Waals surface area contributed by atoms with Crippen LogP contribution in [0.1, 0.15) is 11.1 Å². The lowest BCUT2D eigenvalue weighted by Crippen LogP contribution is -2.10. The summed E-state index contributed by atoms with van der Waals surface area (Å²) in [6.07, 6.45) is -0.740. The molecule has 0 saturated heterocycles. The van der Waals surface area contributed by atoms with E-state index in [1.807, 2.05) is 0 Å². The highest BCUT2D eigenvalue weighted by atomic mass is 35.5. The first-order valence-corrected chi connectivity index (χ1v) is 5.01. The molecule has 0 aromatic heterocycles. The number of halogens is 4. The molecule has 0 aliphatic rings. The van der Waals surface area contributed by atoms with Crippen molar-refractivity contribution < 1.29 is 27.8 Å². The topological polar surface area (TPSA) is 46.5 Å². The predicted octanol–water partition coefficient (Wildman–Crippen LogP) is 2.79. The summed E-state index contributed by atoms with van der Waals surface area (Å²) in [4.78, 5) is 10.5. The third-order valence-corrected chi connectivity index (χ3v) is 2.22. The van der Waals surface area contributed by atoms with E-state index in [1.165, 1.54) is 0 Å². The van der Waals surface area contributed by atoms with Gasteiger partial charge >= 0.3 is 12.6 Å². The second-order valence-electron chi connectivity index (χ2n) is 3.14. The highest BCUT2D eigenvalue weighted by molar-refractivity contribution is 6.17. The van der Waals surface area contributed by atoms with Crippen LogP contribution >= 0.6 is 11.6 Å². The Kier molecular flexibility index (Phi) is 4.62. The van der Waals surface area contributed by atoms with Gasteiger partial charge in [-0.25, -0.2) is 4.39 Å². The van der Waals surface area contributed by atoms with Crippen molar-refractivity contribution in [2.45, 2.75) is 18.9 Å². The van der Waals surface area contributed by atoms with Crippen LogP contribution in [0, 0.1) is 5.82 Å². The Balaban J connectivity index is 3.18. The van der Waals surface area contributed by atoms with Crippen molar-refractivity contribution in [2.75, 3.05) is 0 Å². The van der Waals surface area contributed by atoms with Crippen molar-refractivity contribution in [3.05, 3.63) is 29.1 Å². The second kappa shape index (κ2) is 5.77. The average Bonchev–Trinajstić information content (AvgIpc) is 2.21. The highest BCUT2D eigenvalue weighted by Crippen LogP contribution is 2.27. The molecular formula is C10H8ClF3O3. The highest BCUT2D eigenvalue weighted by Gasteiger charge is 2.17. The second-order valence-corrected chi connectivity index (χ2v) is 3.40. The molecule has 94 valence electrons. The normalized spacial score (nSPS) is 10.6. The first kappa shape index (κ1) is 13.6. The molecule has 0 unspecified atom stereocenters. The van der Waals surface area contributed by atoms with Crippen LogP contribution in [0.2, 0.25) is 0 Å². The first-order chi connectivity index (χ1) is 7.93. The molecule has 0 saturated carbocycles. The van der Waals surface area contributed by atoms with E-state index in [2.05, 4.69) is 4.74 Å². The maximum Gasteiger partial charge on any atom is 0.387 e. The molecule has 0 fully saturated rings. The smallest absolute Gasteiger partial charge is 0.387 e. The largest absolute Gasteiger partial charge is 0.481 e. The van der Waals surface area contributed by atoms with Gasteiger partial charge in [-0.15, -0.1) is 11.6 Å². The van der Waals surface area contributed by atoms with E-state index in [1.54, 1.807) is 0 Å². The summed E-state index contributed by atoms with van der Waals surface area (Å²) in [7, 11) is 0. The number of hydrogen-bond donors (Lipinski definition) is 1. The van der Waals surface area contributed by atoms with Gasteiger partial charge in [0, 0.05) is 11.4 Å². The minimum Gasteiger partial charge on any atom is -0.481 e. The summed E-state index contributed by atoms with van der Waals surface area (Å²) in [5.74, 6) is -2.87. The van der Waals surface area contributed by atoms with Crippen molar-refractivity contribution in [1.82, 2.24) is 0 Å². The zero-order chi connectivity index (χ0) is 13.0. The fourth-order valence-electron chi connectivity index (χ4n) is 1.27. The van der Waals surface area contributed by atoms with E-state index >= 15 is 0 Å². The van der Waals surface area contributed by atoms with Gasteiger partial charge in [0.1, 0.15) is 11.6 Å². The summed E-state index contributed by atoms with van der Waals surface area (Å²) in [6, 6.07) is 2.09. The summed E-state index contributed by atoms with van der Waals surface area (Å²) >= 11 is 5.44. The van der Waals surface area contributed by atoms with Crippen LogP contribution in [0.4, 0.5) is 13.2 Å². The van der Waals surface area contributed by atoms with Crippen molar-refractivity contribution in [2.24, 2.45) is 0 Å². The summed E-state index contributed by atoms with van der Waals surface area (Å²) in [6.45, 7) is -3.16. The van der Waals surface area contributed by atoms with E-state index in [4.69, 9.17) is 16.7 Å². The van der Waals surface area contributed by atoms with Gasteiger partial charge in [0.2, 0.25) is 0 Å². The fraction of sp³-hybridized carbons (Fsp3) is 0.300. The number of alkyl halides is 3. The van der Waals surface area contributed by atoms with Gasteiger partial charge in [0.05, 0.1) is 6.42 Å². The first-order valence-electron chi connectivity index (χ1n) is 4.48. The number of carboxylic acids is 1. The van der Waals surface area contributed by atoms with Gasteiger partial charge in [-0.3, -0.25) is 4.79 Å². The number of benzene rings is 1. The maximum absolute atomic E-state index is 13.5. The lowest BCUT2D eigenvalue weighted by Gasteiger charge is -2.11. The zero-order valence-corrected chi connectivity index (χ0v) is 9.18. The van der Waals surface area contributed by atoms with Gasteiger partial charge in [-0.1, -0.05) is 0 Å². The number of carbonyl (C=O) groups is 1. The predicted molar refractivity (Wildman–Crippen MR) is 53.9 cm³/mol. The quantitative estimate of drug-likeness (QED) is 0.835. The maximum atomic E-state index is 13.5. The van der Waals surface area contributed by atoms with Crippen molar-refractivity contribution in [3.63, 3.8) is 0 Å². The summed E-state index contributed by atoms with van der Waals surface area (Å²) in [5, 5.41) is 8.54. The standard InChI is InChI=1S/C10H8ClF3O3/c11-4-5-1-7(12)6(3-9(15)16)8(2-5)17-10(13)14/h1-2,10H,3-4H2,(H,15,16). The van der Waals surface area contributed by atoms with E-state index in [0.29, 0.717) is 0 Å². The molecule has 0 aliphatic carbocycles. The Morgan fingerprint density at radius 3 is 2.59 bits per heavy atom. The number of rotatable bonds is 5. The number of aliphatic carboxylic acids is 1. The molecule has 1 aromatic rings. The summed E-state index contributed by atoms with van der Waals surface area (Å²) < 4.78 is 41.7. The van der Waals surface area contributed by atoms with Crippen LogP contribution in [0.3, 0.4) is 0 Å². The molecule has 0 bridgehead atoms. The summed E-state index contributed by atoms with van der Waals surface area (Å²) in [5.41, 5.74) is -0.194. The fourth-order valence-corrected chi connectivity index (χ4v) is 1.42. The van der Waals surface area contributed by atoms with Crippen LogP contribution < -0.4 is 4.74 Å². The lowest BCUT2D eigenvalue weighted by atomic mass is 10.1. The molecule has 1 aromatic carbocycles. The van der Waals surface area contributed by atoms with Crippen LogP contribution in [-0.2, 0) is 17.1 Å². The average molecular weight is 269 g/mol. The molecule has 1 N–H and O–H groups in total. The van der Waals surface area contributed by atoms with Gasteiger partial charge < -0.3 is 9.84 Å². The third-order valence-electron chi connectivity index (χ3n) is 1.91. The molecule has 0 spiro atoms. The van der Waals surface area contributed by atoms with Crippen molar-refractivity contribution in [1.29, 1.82) is 0 Å². The molecule has 0 heterocycles. The molecule has 0 radical (unpaired) electrons. The Hall–Kier alpha value is -1.43.